The highest BCUT2D eigenvalue weighted by molar-refractivity contribution is 7.89. The summed E-state index contributed by atoms with van der Waals surface area (Å²) in [6.07, 6.45) is 5.47. The molecule has 7 nitrogen and oxygen atoms in total. The Bertz CT molecular complexity index is 692. The Hall–Kier alpha value is -1.41. The molecule has 1 saturated carbocycles. The first-order chi connectivity index (χ1) is 10.1. The van der Waals surface area contributed by atoms with Gasteiger partial charge in [0.15, 0.2) is 5.03 Å². The van der Waals surface area contributed by atoms with Crippen LogP contribution < -0.4 is 0 Å². The molecule has 1 aromatic heterocycles. The zero-order chi connectivity index (χ0) is 14.6. The summed E-state index contributed by atoms with van der Waals surface area (Å²) in [5.41, 5.74) is 0. The van der Waals surface area contributed by atoms with Gasteiger partial charge in [0.1, 0.15) is 5.82 Å². The molecule has 4 rings (SSSR count). The van der Waals surface area contributed by atoms with Crippen molar-refractivity contribution in [2.45, 2.75) is 37.3 Å². The Kier molecular flexibility index (Phi) is 2.87. The SMILES string of the molecule is O=C1CN(S(=O)(=O)c2cnc3n2CCC3)CN1CC1CC1. The van der Waals surface area contributed by atoms with Gasteiger partial charge in [-0.05, 0) is 25.2 Å². The number of sulfonamides is 1. The van der Waals surface area contributed by atoms with Crippen LogP contribution in [-0.2, 0) is 27.8 Å². The van der Waals surface area contributed by atoms with E-state index in [2.05, 4.69) is 4.98 Å². The number of aryl methyl sites for hydroxylation is 1. The van der Waals surface area contributed by atoms with Crippen molar-refractivity contribution >= 4 is 15.9 Å². The minimum Gasteiger partial charge on any atom is -0.327 e. The smallest absolute Gasteiger partial charge is 0.262 e. The molecule has 0 radical (unpaired) electrons. The molecule has 0 atom stereocenters. The summed E-state index contributed by atoms with van der Waals surface area (Å²) < 4.78 is 28.5. The Morgan fingerprint density at radius 2 is 2.14 bits per heavy atom. The molecule has 1 aliphatic carbocycles. The Labute approximate surface area is 123 Å². The van der Waals surface area contributed by atoms with Crippen LogP contribution in [0, 0.1) is 5.92 Å². The van der Waals surface area contributed by atoms with Crippen LogP contribution in [0.25, 0.3) is 0 Å². The van der Waals surface area contributed by atoms with Crippen molar-refractivity contribution in [2.75, 3.05) is 19.8 Å². The van der Waals surface area contributed by atoms with Crippen molar-refractivity contribution in [3.63, 3.8) is 0 Å². The first kappa shape index (κ1) is 13.3. The van der Waals surface area contributed by atoms with Crippen molar-refractivity contribution < 1.29 is 13.2 Å². The van der Waals surface area contributed by atoms with Crippen LogP contribution in [0.2, 0.25) is 0 Å². The molecule has 2 fully saturated rings. The monoisotopic (exact) mass is 310 g/mol. The average Bonchev–Trinajstić information content (AvgIpc) is 2.84. The summed E-state index contributed by atoms with van der Waals surface area (Å²) in [7, 11) is -3.63. The minimum absolute atomic E-state index is 0.0461. The van der Waals surface area contributed by atoms with Crippen molar-refractivity contribution in [1.29, 1.82) is 0 Å². The van der Waals surface area contributed by atoms with E-state index in [1.165, 1.54) is 10.5 Å². The summed E-state index contributed by atoms with van der Waals surface area (Å²) in [6.45, 7) is 1.51. The molecule has 1 aromatic rings. The minimum atomic E-state index is -3.63. The molecule has 0 unspecified atom stereocenters. The number of nitrogens with zero attached hydrogens (tertiary/aromatic N) is 4. The normalized spacial score (nSPS) is 23.0. The first-order valence-corrected chi connectivity index (χ1v) is 8.82. The van der Waals surface area contributed by atoms with E-state index < -0.39 is 10.0 Å². The Morgan fingerprint density at radius 3 is 2.90 bits per heavy atom. The predicted molar refractivity (Wildman–Crippen MR) is 73.7 cm³/mol. The molecule has 8 heteroatoms. The maximum Gasteiger partial charge on any atom is 0.262 e. The summed E-state index contributed by atoms with van der Waals surface area (Å²) in [5.74, 6) is 1.30. The number of aromatic nitrogens is 2. The lowest BCUT2D eigenvalue weighted by atomic mass is 10.4. The maximum atomic E-state index is 12.7. The largest absolute Gasteiger partial charge is 0.327 e. The van der Waals surface area contributed by atoms with E-state index in [9.17, 15) is 13.2 Å². The van der Waals surface area contributed by atoms with Crippen molar-refractivity contribution in [3.05, 3.63) is 12.0 Å². The van der Waals surface area contributed by atoms with Crippen molar-refractivity contribution in [2.24, 2.45) is 5.92 Å². The third-order valence-corrected chi connectivity index (χ3v) is 6.23. The van der Waals surface area contributed by atoms with Gasteiger partial charge in [0, 0.05) is 19.5 Å². The zero-order valence-electron chi connectivity index (χ0n) is 11.7. The lowest BCUT2D eigenvalue weighted by Gasteiger charge is -2.18. The Morgan fingerprint density at radius 1 is 1.33 bits per heavy atom. The molecule has 0 aromatic carbocycles. The third kappa shape index (κ3) is 2.17. The van der Waals surface area contributed by atoms with E-state index in [4.69, 9.17) is 0 Å². The van der Waals surface area contributed by atoms with Crippen LogP contribution in [0.5, 0.6) is 0 Å². The van der Waals surface area contributed by atoms with Gasteiger partial charge < -0.3 is 9.47 Å². The fourth-order valence-electron chi connectivity index (χ4n) is 3.07. The highest BCUT2D eigenvalue weighted by Gasteiger charge is 2.40. The van der Waals surface area contributed by atoms with Crippen LogP contribution >= 0.6 is 0 Å². The van der Waals surface area contributed by atoms with Crippen LogP contribution in [0.4, 0.5) is 0 Å². The summed E-state index contributed by atoms with van der Waals surface area (Å²) >= 11 is 0. The predicted octanol–water partition coefficient (Wildman–Crippen LogP) is 0.0297. The summed E-state index contributed by atoms with van der Waals surface area (Å²) in [4.78, 5) is 17.8. The van der Waals surface area contributed by atoms with E-state index >= 15 is 0 Å². The molecule has 0 bridgehead atoms. The van der Waals surface area contributed by atoms with Crippen LogP contribution in [-0.4, -0.2) is 52.8 Å². The Balaban J connectivity index is 1.58. The molecular weight excluding hydrogens is 292 g/mol. The third-order valence-electron chi connectivity index (χ3n) is 4.46. The van der Waals surface area contributed by atoms with Gasteiger partial charge in [-0.15, -0.1) is 0 Å². The van der Waals surface area contributed by atoms with E-state index in [0.717, 1.165) is 31.5 Å². The van der Waals surface area contributed by atoms with Crippen molar-refractivity contribution in [1.82, 2.24) is 18.8 Å². The molecule has 3 aliphatic rings. The van der Waals surface area contributed by atoms with Gasteiger partial charge in [0.25, 0.3) is 10.0 Å². The molecule has 1 saturated heterocycles. The van der Waals surface area contributed by atoms with Gasteiger partial charge in [-0.2, -0.15) is 4.31 Å². The highest BCUT2D eigenvalue weighted by Crippen LogP contribution is 2.31. The van der Waals surface area contributed by atoms with Gasteiger partial charge >= 0.3 is 0 Å². The van der Waals surface area contributed by atoms with Gasteiger partial charge in [-0.3, -0.25) is 4.79 Å². The molecule has 0 spiro atoms. The average molecular weight is 310 g/mol. The van der Waals surface area contributed by atoms with E-state index in [1.54, 1.807) is 9.47 Å². The van der Waals surface area contributed by atoms with E-state index in [0.29, 0.717) is 19.0 Å². The summed E-state index contributed by atoms with van der Waals surface area (Å²) in [6, 6.07) is 0. The molecule has 1 amide bonds. The van der Waals surface area contributed by atoms with E-state index in [1.807, 2.05) is 0 Å². The van der Waals surface area contributed by atoms with Crippen LogP contribution in [0.15, 0.2) is 11.2 Å². The topological polar surface area (TPSA) is 75.5 Å². The molecule has 2 aliphatic heterocycles. The second-order valence-corrected chi connectivity index (χ2v) is 7.97. The lowest BCUT2D eigenvalue weighted by Crippen LogP contribution is -2.33. The number of hydrogen-bond acceptors (Lipinski definition) is 4. The molecule has 114 valence electrons. The highest BCUT2D eigenvalue weighted by atomic mass is 32.2. The number of fused-ring (bicyclic) bond motifs is 1. The molecule has 21 heavy (non-hydrogen) atoms. The van der Waals surface area contributed by atoms with Gasteiger partial charge in [-0.25, -0.2) is 13.4 Å². The van der Waals surface area contributed by atoms with Gasteiger partial charge in [0.05, 0.1) is 19.4 Å². The fourth-order valence-corrected chi connectivity index (χ4v) is 4.57. The molecule has 0 N–H and O–H groups in total. The number of imidazole rings is 1. The number of carbonyl (C=O) groups excluding carboxylic acids is 1. The number of hydrogen-bond donors (Lipinski definition) is 0. The summed E-state index contributed by atoms with van der Waals surface area (Å²) in [5, 5.41) is 0.232. The molecule has 3 heterocycles. The number of rotatable bonds is 4. The second-order valence-electron chi connectivity index (χ2n) is 6.08. The second kappa shape index (κ2) is 4.54. The lowest BCUT2D eigenvalue weighted by molar-refractivity contribution is -0.126. The first-order valence-electron chi connectivity index (χ1n) is 7.38. The number of amides is 1. The molecular formula is C13H18N4O3S. The zero-order valence-corrected chi connectivity index (χ0v) is 12.5. The quantitative estimate of drug-likeness (QED) is 0.786. The fraction of sp³-hybridized carbons (Fsp3) is 0.692. The maximum absolute atomic E-state index is 12.7. The number of carbonyl (C=O) groups is 1. The van der Waals surface area contributed by atoms with Gasteiger partial charge in [-0.1, -0.05) is 0 Å². The van der Waals surface area contributed by atoms with Crippen LogP contribution in [0.1, 0.15) is 25.1 Å². The van der Waals surface area contributed by atoms with Crippen molar-refractivity contribution in [3.8, 4) is 0 Å². The van der Waals surface area contributed by atoms with E-state index in [-0.39, 0.29) is 24.1 Å². The van der Waals surface area contributed by atoms with Crippen LogP contribution in [0.3, 0.4) is 0 Å². The van der Waals surface area contributed by atoms with Gasteiger partial charge in [0.2, 0.25) is 5.91 Å². The standard InChI is InChI=1S/C13H18N4O3S/c18-12-8-16(9-15(12)7-10-3-4-10)21(19,20)13-6-14-11-2-1-5-17(11)13/h6,10H,1-5,7-9H2.